The third-order valence-electron chi connectivity index (χ3n) is 4.84. The van der Waals surface area contributed by atoms with Crippen LogP contribution in [-0.2, 0) is 11.3 Å². The minimum Gasteiger partial charge on any atom is -0.341 e. The normalized spacial score (nSPS) is 15.2. The first kappa shape index (κ1) is 17.1. The van der Waals surface area contributed by atoms with Crippen LogP contribution in [0.2, 0.25) is 0 Å². The Morgan fingerprint density at radius 2 is 2.08 bits per heavy atom. The first-order valence-corrected chi connectivity index (χ1v) is 8.36. The van der Waals surface area contributed by atoms with E-state index in [4.69, 9.17) is 0 Å². The SMILES string of the molecule is CN(C(=O)Cn1cnc2cc([N+](=O)[O-])ccc2c1=O)C1CCCCC1. The molecule has 0 saturated heterocycles. The summed E-state index contributed by atoms with van der Waals surface area (Å²) in [5.41, 5.74) is -0.237. The van der Waals surface area contributed by atoms with Gasteiger partial charge in [-0.15, -0.1) is 0 Å². The molecule has 132 valence electrons. The molecule has 0 unspecified atom stereocenters. The number of aromatic nitrogens is 2. The second kappa shape index (κ2) is 7.00. The number of hydrogen-bond acceptors (Lipinski definition) is 5. The highest BCUT2D eigenvalue weighted by Gasteiger charge is 2.22. The first-order valence-electron chi connectivity index (χ1n) is 8.36. The molecule has 1 heterocycles. The Bertz CT molecular complexity index is 871. The van der Waals surface area contributed by atoms with Gasteiger partial charge in [0.25, 0.3) is 11.2 Å². The van der Waals surface area contributed by atoms with E-state index >= 15 is 0 Å². The molecule has 1 aromatic heterocycles. The van der Waals surface area contributed by atoms with Crippen LogP contribution in [0.25, 0.3) is 10.9 Å². The number of amides is 1. The fourth-order valence-electron chi connectivity index (χ4n) is 3.30. The smallest absolute Gasteiger partial charge is 0.271 e. The lowest BCUT2D eigenvalue weighted by Crippen LogP contribution is -2.41. The third kappa shape index (κ3) is 3.52. The molecule has 8 heteroatoms. The van der Waals surface area contributed by atoms with Crippen molar-refractivity contribution in [3.63, 3.8) is 0 Å². The molecule has 1 aliphatic rings. The quantitative estimate of drug-likeness (QED) is 0.625. The Morgan fingerprint density at radius 3 is 2.76 bits per heavy atom. The molecule has 0 radical (unpaired) electrons. The molecule has 0 spiro atoms. The molecule has 0 aliphatic heterocycles. The van der Waals surface area contributed by atoms with Crippen molar-refractivity contribution in [3.05, 3.63) is 45.0 Å². The van der Waals surface area contributed by atoms with Gasteiger partial charge in [0, 0.05) is 25.2 Å². The summed E-state index contributed by atoms with van der Waals surface area (Å²) >= 11 is 0. The number of benzene rings is 1. The monoisotopic (exact) mass is 344 g/mol. The molecular formula is C17H20N4O4. The molecule has 1 aromatic carbocycles. The van der Waals surface area contributed by atoms with Crippen LogP contribution in [0.1, 0.15) is 32.1 Å². The van der Waals surface area contributed by atoms with E-state index in [1.165, 1.54) is 35.5 Å². The van der Waals surface area contributed by atoms with E-state index < -0.39 is 4.92 Å². The van der Waals surface area contributed by atoms with Gasteiger partial charge in [-0.05, 0) is 18.9 Å². The van der Waals surface area contributed by atoms with Crippen LogP contribution >= 0.6 is 0 Å². The van der Waals surface area contributed by atoms with Crippen LogP contribution in [0.15, 0.2) is 29.3 Å². The minimum atomic E-state index is -0.532. The Balaban J connectivity index is 1.82. The number of rotatable bonds is 4. The summed E-state index contributed by atoms with van der Waals surface area (Å²) in [6, 6.07) is 4.14. The average Bonchev–Trinajstić information content (AvgIpc) is 2.63. The van der Waals surface area contributed by atoms with Crippen molar-refractivity contribution in [3.8, 4) is 0 Å². The summed E-state index contributed by atoms with van der Waals surface area (Å²) in [4.78, 5) is 41.1. The van der Waals surface area contributed by atoms with Crippen molar-refractivity contribution in [2.75, 3.05) is 7.05 Å². The predicted molar refractivity (Wildman–Crippen MR) is 92.3 cm³/mol. The lowest BCUT2D eigenvalue weighted by molar-refractivity contribution is -0.384. The summed E-state index contributed by atoms with van der Waals surface area (Å²) in [6.07, 6.45) is 6.73. The molecule has 1 saturated carbocycles. The molecular weight excluding hydrogens is 324 g/mol. The van der Waals surface area contributed by atoms with Crippen molar-refractivity contribution in [1.82, 2.24) is 14.5 Å². The lowest BCUT2D eigenvalue weighted by atomic mass is 9.94. The van der Waals surface area contributed by atoms with E-state index in [-0.39, 0.29) is 40.6 Å². The number of nitrogens with zero attached hydrogens (tertiary/aromatic N) is 4. The zero-order valence-electron chi connectivity index (χ0n) is 14.1. The number of carbonyl (C=O) groups excluding carboxylic acids is 1. The molecule has 0 N–H and O–H groups in total. The second-order valence-electron chi connectivity index (χ2n) is 6.43. The van der Waals surface area contributed by atoms with Gasteiger partial charge in [0.05, 0.1) is 22.2 Å². The number of nitro benzene ring substituents is 1. The molecule has 2 aromatic rings. The zero-order valence-corrected chi connectivity index (χ0v) is 14.1. The van der Waals surface area contributed by atoms with Crippen molar-refractivity contribution in [2.24, 2.45) is 0 Å². The molecule has 1 fully saturated rings. The van der Waals surface area contributed by atoms with Crippen molar-refractivity contribution in [1.29, 1.82) is 0 Å². The summed E-state index contributed by atoms with van der Waals surface area (Å²) in [6.45, 7) is -0.0776. The highest BCUT2D eigenvalue weighted by Crippen LogP contribution is 2.22. The van der Waals surface area contributed by atoms with E-state index in [2.05, 4.69) is 4.98 Å². The molecule has 0 bridgehead atoms. The zero-order chi connectivity index (χ0) is 18.0. The maximum atomic E-state index is 12.5. The Hall–Kier alpha value is -2.77. The highest BCUT2D eigenvalue weighted by atomic mass is 16.6. The van der Waals surface area contributed by atoms with Crippen LogP contribution in [-0.4, -0.2) is 38.4 Å². The predicted octanol–water partition coefficient (Wildman–Crippen LogP) is 2.10. The van der Waals surface area contributed by atoms with Gasteiger partial charge in [-0.1, -0.05) is 19.3 Å². The van der Waals surface area contributed by atoms with Gasteiger partial charge in [-0.25, -0.2) is 4.98 Å². The van der Waals surface area contributed by atoms with Crippen LogP contribution in [0.3, 0.4) is 0 Å². The van der Waals surface area contributed by atoms with Crippen LogP contribution in [0, 0.1) is 10.1 Å². The Labute approximate surface area is 144 Å². The number of likely N-dealkylation sites (N-methyl/N-ethyl adjacent to an activating group) is 1. The van der Waals surface area contributed by atoms with Gasteiger partial charge in [0.15, 0.2) is 0 Å². The summed E-state index contributed by atoms with van der Waals surface area (Å²) < 4.78 is 1.26. The number of fused-ring (bicyclic) bond motifs is 1. The fraction of sp³-hybridized carbons (Fsp3) is 0.471. The lowest BCUT2D eigenvalue weighted by Gasteiger charge is -2.31. The molecule has 0 atom stereocenters. The van der Waals surface area contributed by atoms with E-state index in [1.54, 1.807) is 11.9 Å². The number of carbonyl (C=O) groups is 1. The van der Waals surface area contributed by atoms with Gasteiger partial charge < -0.3 is 4.90 Å². The molecule has 1 aliphatic carbocycles. The van der Waals surface area contributed by atoms with Gasteiger partial charge >= 0.3 is 0 Å². The highest BCUT2D eigenvalue weighted by molar-refractivity contribution is 5.80. The van der Waals surface area contributed by atoms with E-state index in [9.17, 15) is 19.7 Å². The van der Waals surface area contributed by atoms with Gasteiger partial charge in [0.2, 0.25) is 5.91 Å². The van der Waals surface area contributed by atoms with Crippen LogP contribution < -0.4 is 5.56 Å². The number of nitro groups is 1. The van der Waals surface area contributed by atoms with Crippen LogP contribution in [0.4, 0.5) is 5.69 Å². The van der Waals surface area contributed by atoms with Crippen molar-refractivity contribution in [2.45, 2.75) is 44.7 Å². The molecule has 1 amide bonds. The Kier molecular flexibility index (Phi) is 4.78. The minimum absolute atomic E-state index is 0.0776. The van der Waals surface area contributed by atoms with Crippen molar-refractivity contribution >= 4 is 22.5 Å². The molecule has 8 nitrogen and oxygen atoms in total. The standard InChI is InChI=1S/C17H20N4O4/c1-19(12-5-3-2-4-6-12)16(22)10-20-11-18-15-9-13(21(24)25)7-8-14(15)17(20)23/h7-9,11-12H,2-6,10H2,1H3. The fourth-order valence-corrected chi connectivity index (χ4v) is 3.30. The van der Waals surface area contributed by atoms with Crippen molar-refractivity contribution < 1.29 is 9.72 Å². The largest absolute Gasteiger partial charge is 0.341 e. The Morgan fingerprint density at radius 1 is 1.36 bits per heavy atom. The van der Waals surface area contributed by atoms with Gasteiger partial charge in [-0.3, -0.25) is 24.3 Å². The summed E-state index contributed by atoms with van der Waals surface area (Å²) in [7, 11) is 1.78. The van der Waals surface area contributed by atoms with E-state index in [0.29, 0.717) is 0 Å². The van der Waals surface area contributed by atoms with E-state index in [0.717, 1.165) is 25.7 Å². The molecule has 3 rings (SSSR count). The maximum absolute atomic E-state index is 12.5. The summed E-state index contributed by atoms with van der Waals surface area (Å²) in [5.74, 6) is -0.128. The maximum Gasteiger partial charge on any atom is 0.271 e. The van der Waals surface area contributed by atoms with Crippen LogP contribution in [0.5, 0.6) is 0 Å². The third-order valence-corrected chi connectivity index (χ3v) is 4.84. The number of non-ortho nitro benzene ring substituents is 1. The van der Waals surface area contributed by atoms with Gasteiger partial charge in [-0.2, -0.15) is 0 Å². The first-order chi connectivity index (χ1) is 12.0. The number of hydrogen-bond donors (Lipinski definition) is 0. The van der Waals surface area contributed by atoms with Gasteiger partial charge in [0.1, 0.15) is 6.54 Å². The second-order valence-corrected chi connectivity index (χ2v) is 6.43. The summed E-state index contributed by atoms with van der Waals surface area (Å²) in [5, 5.41) is 11.1. The van der Waals surface area contributed by atoms with E-state index in [1.807, 2.05) is 0 Å². The average molecular weight is 344 g/mol. The topological polar surface area (TPSA) is 98.3 Å². The molecule has 25 heavy (non-hydrogen) atoms.